The Kier molecular flexibility index (Phi) is 6.78. The topological polar surface area (TPSA) is 26.5 Å². The van der Waals surface area contributed by atoms with Crippen LogP contribution < -0.4 is 5.32 Å². The van der Waals surface area contributed by atoms with Gasteiger partial charge in [0.2, 0.25) is 0 Å². The second-order valence-electron chi connectivity index (χ2n) is 6.16. The Morgan fingerprint density at radius 1 is 0.857 bits per heavy atom. The number of amidine groups is 1. The van der Waals surface area contributed by atoms with Gasteiger partial charge in [0.1, 0.15) is 5.84 Å². The maximum absolute atomic E-state index is 4.67. The average Bonchev–Trinajstić information content (AvgIpc) is 2.90. The molecule has 0 unspecified atom stereocenters. The van der Waals surface area contributed by atoms with Crippen LogP contribution in [0.3, 0.4) is 0 Å². The van der Waals surface area contributed by atoms with Crippen molar-refractivity contribution in [2.45, 2.75) is 78.1 Å². The molecule has 1 aromatic rings. The molecule has 2 heteroatoms. The molecule has 1 aromatic carbocycles. The molecule has 0 bridgehead atoms. The average molecular weight is 285 g/mol. The lowest BCUT2D eigenvalue weighted by atomic mass is 10.1. The number of hydrogen-bond acceptors (Lipinski definition) is 1. The number of benzene rings is 1. The van der Waals surface area contributed by atoms with Crippen molar-refractivity contribution in [3.8, 4) is 0 Å². The van der Waals surface area contributed by atoms with E-state index in [0.717, 1.165) is 23.6 Å². The molecule has 0 atom stereocenters. The van der Waals surface area contributed by atoms with Crippen LogP contribution in [0.25, 0.3) is 0 Å². The first-order chi connectivity index (χ1) is 10.3. The Morgan fingerprint density at radius 3 is 2.19 bits per heavy atom. The molecule has 1 aliphatic heterocycles. The molecule has 0 amide bonds. The Balaban J connectivity index is 1.55. The first-order valence-corrected chi connectivity index (χ1v) is 8.70. The number of fused-ring (bicyclic) bond motifs is 1. The highest BCUT2D eigenvalue weighted by molar-refractivity contribution is 5.96. The lowest BCUT2D eigenvalue weighted by molar-refractivity contribution is 0.568. The molecule has 1 aliphatic rings. The summed E-state index contributed by atoms with van der Waals surface area (Å²) in [6, 6.07) is 6.24. The number of rotatable bonds is 10. The van der Waals surface area contributed by atoms with Gasteiger partial charge in [0.15, 0.2) is 0 Å². The molecular formula is C19H29N2. The molecule has 21 heavy (non-hydrogen) atoms. The minimum Gasteiger partial charge on any atom is -0.231 e. The van der Waals surface area contributed by atoms with E-state index < -0.39 is 0 Å². The predicted molar refractivity (Wildman–Crippen MR) is 91.9 cm³/mol. The normalized spacial score (nSPS) is 13.0. The van der Waals surface area contributed by atoms with Crippen LogP contribution in [0.2, 0.25) is 0 Å². The smallest absolute Gasteiger partial charge is 0.129 e. The second-order valence-corrected chi connectivity index (χ2v) is 6.16. The van der Waals surface area contributed by atoms with E-state index in [1.54, 1.807) is 0 Å². The van der Waals surface area contributed by atoms with E-state index in [1.807, 2.05) is 0 Å². The summed E-state index contributed by atoms with van der Waals surface area (Å²) >= 11 is 0. The summed E-state index contributed by atoms with van der Waals surface area (Å²) < 4.78 is 0. The van der Waals surface area contributed by atoms with Crippen molar-refractivity contribution in [3.63, 3.8) is 0 Å². The van der Waals surface area contributed by atoms with Gasteiger partial charge in [-0.1, -0.05) is 70.4 Å². The summed E-state index contributed by atoms with van der Waals surface area (Å²) in [5.74, 6) is 1.03. The van der Waals surface area contributed by atoms with E-state index in [1.165, 1.54) is 63.4 Å². The first-order valence-electron chi connectivity index (χ1n) is 8.70. The Labute approximate surface area is 130 Å². The maximum atomic E-state index is 4.67. The SMILES string of the molecule is CCCCCCCCCCCC1=Nc2c(C)cccc2[N]1. The van der Waals surface area contributed by atoms with Gasteiger partial charge in [-0.2, -0.15) is 0 Å². The summed E-state index contributed by atoms with van der Waals surface area (Å²) in [6.07, 6.45) is 13.3. The second kappa shape index (κ2) is 8.86. The molecule has 115 valence electrons. The minimum absolute atomic E-state index is 1.03. The molecule has 0 aromatic heterocycles. The van der Waals surface area contributed by atoms with Crippen molar-refractivity contribution in [2.75, 3.05) is 0 Å². The molecule has 0 aliphatic carbocycles. The summed E-state index contributed by atoms with van der Waals surface area (Å²) in [5.41, 5.74) is 3.38. The fourth-order valence-corrected chi connectivity index (χ4v) is 2.88. The number of unbranched alkanes of at least 4 members (excludes halogenated alkanes) is 8. The minimum atomic E-state index is 1.03. The van der Waals surface area contributed by atoms with Gasteiger partial charge in [-0.15, -0.1) is 0 Å². The van der Waals surface area contributed by atoms with Gasteiger partial charge in [0.05, 0.1) is 11.4 Å². The van der Waals surface area contributed by atoms with Crippen LogP contribution in [-0.2, 0) is 0 Å². The van der Waals surface area contributed by atoms with Crippen molar-refractivity contribution in [3.05, 3.63) is 23.8 Å². The first kappa shape index (κ1) is 16.1. The van der Waals surface area contributed by atoms with E-state index in [0.29, 0.717) is 0 Å². The van der Waals surface area contributed by atoms with Gasteiger partial charge >= 0.3 is 0 Å². The highest BCUT2D eigenvalue weighted by Gasteiger charge is 2.16. The van der Waals surface area contributed by atoms with Gasteiger partial charge in [0.25, 0.3) is 0 Å². The van der Waals surface area contributed by atoms with Crippen LogP contribution in [0, 0.1) is 6.92 Å². The van der Waals surface area contributed by atoms with E-state index in [4.69, 9.17) is 0 Å². The van der Waals surface area contributed by atoms with E-state index in [2.05, 4.69) is 42.4 Å². The molecule has 1 radical (unpaired) electrons. The van der Waals surface area contributed by atoms with Crippen LogP contribution in [0.1, 0.15) is 76.7 Å². The predicted octanol–water partition coefficient (Wildman–Crippen LogP) is 6.20. The summed E-state index contributed by atoms with van der Waals surface area (Å²) in [6.45, 7) is 4.38. The van der Waals surface area contributed by atoms with Crippen molar-refractivity contribution in [1.29, 1.82) is 0 Å². The Hall–Kier alpha value is -1.31. The van der Waals surface area contributed by atoms with Crippen LogP contribution in [0.15, 0.2) is 23.2 Å². The van der Waals surface area contributed by atoms with Gasteiger partial charge in [-0.05, 0) is 25.0 Å². The standard InChI is InChI=1S/C19H29N2/c1-3-4-5-6-7-8-9-10-11-15-18-20-17-14-12-13-16(2)19(17)21-18/h12-14H,3-11,15H2,1-2H3. The summed E-state index contributed by atoms with van der Waals surface area (Å²) in [4.78, 5) is 4.67. The number of aryl methyl sites for hydroxylation is 1. The van der Waals surface area contributed by atoms with Crippen LogP contribution in [0.5, 0.6) is 0 Å². The van der Waals surface area contributed by atoms with Crippen LogP contribution in [0.4, 0.5) is 11.4 Å². The highest BCUT2D eigenvalue weighted by atomic mass is 15.1. The number of nitrogens with zero attached hydrogens (tertiary/aromatic N) is 2. The summed E-state index contributed by atoms with van der Waals surface area (Å²) in [5, 5.41) is 4.63. The molecule has 0 saturated carbocycles. The van der Waals surface area contributed by atoms with Gasteiger partial charge in [-0.3, -0.25) is 0 Å². The molecule has 0 fully saturated rings. The molecule has 0 saturated heterocycles. The van der Waals surface area contributed by atoms with E-state index >= 15 is 0 Å². The molecule has 0 N–H and O–H groups in total. The van der Waals surface area contributed by atoms with Gasteiger partial charge in [0, 0.05) is 6.42 Å². The number of aliphatic imine (C=N–C) groups is 1. The quantitative estimate of drug-likeness (QED) is 0.458. The third-order valence-electron chi connectivity index (χ3n) is 4.21. The number of hydrogen-bond donors (Lipinski definition) is 0. The molecule has 2 nitrogen and oxygen atoms in total. The molecular weight excluding hydrogens is 256 g/mol. The largest absolute Gasteiger partial charge is 0.231 e. The van der Waals surface area contributed by atoms with Crippen molar-refractivity contribution >= 4 is 17.2 Å². The third kappa shape index (κ3) is 5.18. The highest BCUT2D eigenvalue weighted by Crippen LogP contribution is 2.34. The lowest BCUT2D eigenvalue weighted by Gasteiger charge is -2.02. The van der Waals surface area contributed by atoms with Crippen molar-refractivity contribution in [1.82, 2.24) is 5.32 Å². The zero-order valence-corrected chi connectivity index (χ0v) is 13.7. The monoisotopic (exact) mass is 285 g/mol. The Bertz CT molecular complexity index is 463. The zero-order valence-electron chi connectivity index (χ0n) is 13.7. The Morgan fingerprint density at radius 2 is 1.52 bits per heavy atom. The lowest BCUT2D eigenvalue weighted by Crippen LogP contribution is -2.05. The van der Waals surface area contributed by atoms with Crippen LogP contribution >= 0.6 is 0 Å². The van der Waals surface area contributed by atoms with Crippen molar-refractivity contribution in [2.24, 2.45) is 4.99 Å². The fourth-order valence-electron chi connectivity index (χ4n) is 2.88. The molecule has 1 heterocycles. The summed E-state index contributed by atoms with van der Waals surface area (Å²) in [7, 11) is 0. The van der Waals surface area contributed by atoms with Crippen LogP contribution in [-0.4, -0.2) is 5.84 Å². The van der Waals surface area contributed by atoms with E-state index in [9.17, 15) is 0 Å². The van der Waals surface area contributed by atoms with Gasteiger partial charge in [-0.25, -0.2) is 10.3 Å². The number of para-hydroxylation sites is 1. The van der Waals surface area contributed by atoms with E-state index in [-0.39, 0.29) is 0 Å². The molecule has 0 spiro atoms. The third-order valence-corrected chi connectivity index (χ3v) is 4.21. The maximum Gasteiger partial charge on any atom is 0.129 e. The fraction of sp³-hybridized carbons (Fsp3) is 0.632. The molecule has 2 rings (SSSR count). The van der Waals surface area contributed by atoms with Crippen molar-refractivity contribution < 1.29 is 0 Å². The van der Waals surface area contributed by atoms with Gasteiger partial charge < -0.3 is 0 Å². The zero-order chi connectivity index (χ0) is 14.9.